The minimum absolute atomic E-state index is 0.719. The van der Waals surface area contributed by atoms with E-state index in [0.717, 1.165) is 22.4 Å². The lowest BCUT2D eigenvalue weighted by Gasteiger charge is -2.02. The van der Waals surface area contributed by atoms with Gasteiger partial charge < -0.3 is 9.84 Å². The minimum atomic E-state index is 0.719. The highest BCUT2D eigenvalue weighted by Crippen LogP contribution is 2.21. The third-order valence-electron chi connectivity index (χ3n) is 1.28. The molecule has 0 unspecified atom stereocenters. The van der Waals surface area contributed by atoms with Crippen LogP contribution in [0.15, 0.2) is 22.7 Å². The standard InChI is InChI=1S/C8H8BrO2/c1-11-8-3-6(5-10)2-7(9)4-8/h2-5,10H,1H3. The summed E-state index contributed by atoms with van der Waals surface area (Å²) in [5.41, 5.74) is 0.719. The fourth-order valence-electron chi connectivity index (χ4n) is 0.777. The van der Waals surface area contributed by atoms with E-state index in [0.29, 0.717) is 0 Å². The van der Waals surface area contributed by atoms with Crippen molar-refractivity contribution in [3.8, 4) is 5.75 Å². The Hall–Kier alpha value is -0.540. The second kappa shape index (κ2) is 3.74. The Morgan fingerprint density at radius 3 is 2.73 bits per heavy atom. The summed E-state index contributed by atoms with van der Waals surface area (Å²) in [5.74, 6) is 0.722. The number of halogens is 1. The second-order valence-corrected chi connectivity index (χ2v) is 2.97. The van der Waals surface area contributed by atoms with Gasteiger partial charge in [0.05, 0.1) is 7.11 Å². The summed E-state index contributed by atoms with van der Waals surface area (Å²) in [6, 6.07) is 5.36. The SMILES string of the molecule is COc1cc(Br)cc([CH]O)c1. The van der Waals surface area contributed by atoms with Crippen LogP contribution < -0.4 is 4.74 Å². The molecule has 0 heterocycles. The van der Waals surface area contributed by atoms with Gasteiger partial charge in [-0.25, -0.2) is 0 Å². The summed E-state index contributed by atoms with van der Waals surface area (Å²) < 4.78 is 5.86. The third-order valence-corrected chi connectivity index (χ3v) is 1.74. The highest BCUT2D eigenvalue weighted by molar-refractivity contribution is 9.10. The molecule has 0 saturated carbocycles. The number of aliphatic hydroxyl groups is 1. The van der Waals surface area contributed by atoms with Gasteiger partial charge in [-0.15, -0.1) is 0 Å². The molecule has 0 aliphatic heterocycles. The van der Waals surface area contributed by atoms with Crippen molar-refractivity contribution >= 4 is 15.9 Å². The van der Waals surface area contributed by atoms with Crippen molar-refractivity contribution in [1.29, 1.82) is 0 Å². The molecule has 0 aliphatic carbocycles. The number of hydrogen-bond donors (Lipinski definition) is 1. The Morgan fingerprint density at radius 1 is 1.45 bits per heavy atom. The Morgan fingerprint density at radius 2 is 2.18 bits per heavy atom. The lowest BCUT2D eigenvalue weighted by atomic mass is 10.2. The lowest BCUT2D eigenvalue weighted by molar-refractivity contribution is 0.404. The monoisotopic (exact) mass is 215 g/mol. The first-order valence-electron chi connectivity index (χ1n) is 3.08. The van der Waals surface area contributed by atoms with Crippen molar-refractivity contribution in [2.45, 2.75) is 0 Å². The summed E-state index contributed by atoms with van der Waals surface area (Å²) in [5, 5.41) is 8.68. The molecule has 0 spiro atoms. The molecule has 11 heavy (non-hydrogen) atoms. The van der Waals surface area contributed by atoms with Crippen LogP contribution in [0, 0.1) is 6.61 Å². The van der Waals surface area contributed by atoms with Crippen LogP contribution in [0.25, 0.3) is 0 Å². The maximum absolute atomic E-state index is 8.68. The molecule has 3 heteroatoms. The van der Waals surface area contributed by atoms with Gasteiger partial charge in [0, 0.05) is 4.47 Å². The van der Waals surface area contributed by atoms with E-state index < -0.39 is 0 Å². The van der Waals surface area contributed by atoms with Gasteiger partial charge in [0.15, 0.2) is 0 Å². The molecule has 59 valence electrons. The average Bonchev–Trinajstić information content (AvgIpc) is 2.03. The summed E-state index contributed by atoms with van der Waals surface area (Å²) in [6.07, 6.45) is 0. The molecular formula is C8H8BrO2. The van der Waals surface area contributed by atoms with Gasteiger partial charge in [0.2, 0.25) is 0 Å². The topological polar surface area (TPSA) is 29.5 Å². The fourth-order valence-corrected chi connectivity index (χ4v) is 1.27. The van der Waals surface area contributed by atoms with Crippen molar-refractivity contribution in [2.24, 2.45) is 0 Å². The van der Waals surface area contributed by atoms with Gasteiger partial charge >= 0.3 is 0 Å². The molecule has 0 atom stereocenters. The van der Waals surface area contributed by atoms with Gasteiger partial charge in [-0.3, -0.25) is 0 Å². The number of aliphatic hydroxyl groups excluding tert-OH is 1. The van der Waals surface area contributed by atoms with E-state index in [1.807, 2.05) is 6.07 Å². The van der Waals surface area contributed by atoms with Crippen molar-refractivity contribution in [2.75, 3.05) is 7.11 Å². The molecule has 0 saturated heterocycles. The molecule has 0 aromatic heterocycles. The first-order chi connectivity index (χ1) is 5.26. The lowest BCUT2D eigenvalue weighted by Crippen LogP contribution is -1.85. The molecular weight excluding hydrogens is 208 g/mol. The number of benzene rings is 1. The van der Waals surface area contributed by atoms with Crippen LogP contribution in [-0.4, -0.2) is 12.2 Å². The Labute approximate surface area is 73.9 Å². The summed E-state index contributed by atoms with van der Waals surface area (Å²) in [6.45, 7) is 1.03. The van der Waals surface area contributed by atoms with Crippen molar-refractivity contribution in [3.05, 3.63) is 34.8 Å². The van der Waals surface area contributed by atoms with Gasteiger partial charge in [-0.2, -0.15) is 0 Å². The van der Waals surface area contributed by atoms with E-state index in [1.165, 1.54) is 0 Å². The zero-order valence-electron chi connectivity index (χ0n) is 6.04. The quantitative estimate of drug-likeness (QED) is 0.821. The van der Waals surface area contributed by atoms with Gasteiger partial charge in [-0.05, 0) is 23.8 Å². The molecule has 1 aromatic carbocycles. The molecule has 0 fully saturated rings. The predicted octanol–water partition coefficient (Wildman–Crippen LogP) is 2.34. The number of rotatable bonds is 2. The maximum atomic E-state index is 8.68. The Kier molecular flexibility index (Phi) is 2.91. The normalized spacial score (nSPS) is 9.73. The number of hydrogen-bond acceptors (Lipinski definition) is 2. The first-order valence-corrected chi connectivity index (χ1v) is 3.87. The van der Waals surface area contributed by atoms with Crippen LogP contribution >= 0.6 is 15.9 Å². The van der Waals surface area contributed by atoms with E-state index in [-0.39, 0.29) is 0 Å². The fraction of sp³-hybridized carbons (Fsp3) is 0.125. The molecule has 1 rings (SSSR count). The second-order valence-electron chi connectivity index (χ2n) is 2.05. The molecule has 0 amide bonds. The van der Waals surface area contributed by atoms with E-state index in [2.05, 4.69) is 15.9 Å². The number of ether oxygens (including phenoxy) is 1. The minimum Gasteiger partial charge on any atom is -0.497 e. The maximum Gasteiger partial charge on any atom is 0.120 e. The highest BCUT2D eigenvalue weighted by atomic mass is 79.9. The van der Waals surface area contributed by atoms with E-state index >= 15 is 0 Å². The molecule has 2 nitrogen and oxygen atoms in total. The molecule has 0 bridgehead atoms. The first kappa shape index (κ1) is 8.56. The summed E-state index contributed by atoms with van der Waals surface area (Å²) in [7, 11) is 1.59. The van der Waals surface area contributed by atoms with Crippen molar-refractivity contribution in [1.82, 2.24) is 0 Å². The zero-order valence-corrected chi connectivity index (χ0v) is 7.63. The molecule has 1 N–H and O–H groups in total. The van der Waals surface area contributed by atoms with E-state index in [4.69, 9.17) is 9.84 Å². The van der Waals surface area contributed by atoms with Crippen molar-refractivity contribution < 1.29 is 9.84 Å². The van der Waals surface area contributed by atoms with Gasteiger partial charge in [0.25, 0.3) is 0 Å². The van der Waals surface area contributed by atoms with Gasteiger partial charge in [-0.1, -0.05) is 15.9 Å². The van der Waals surface area contributed by atoms with E-state index in [1.54, 1.807) is 19.2 Å². The van der Waals surface area contributed by atoms with Crippen LogP contribution in [0.1, 0.15) is 5.56 Å². The average molecular weight is 216 g/mol. The third kappa shape index (κ3) is 2.20. The molecule has 0 aliphatic rings. The van der Waals surface area contributed by atoms with Crippen LogP contribution in [0.2, 0.25) is 0 Å². The van der Waals surface area contributed by atoms with Crippen LogP contribution in [0.4, 0.5) is 0 Å². The van der Waals surface area contributed by atoms with Crippen LogP contribution in [-0.2, 0) is 0 Å². The number of methoxy groups -OCH3 is 1. The largest absolute Gasteiger partial charge is 0.497 e. The van der Waals surface area contributed by atoms with Crippen LogP contribution in [0.5, 0.6) is 5.75 Å². The Balaban J connectivity index is 3.02. The van der Waals surface area contributed by atoms with E-state index in [9.17, 15) is 0 Å². The van der Waals surface area contributed by atoms with Gasteiger partial charge in [0.1, 0.15) is 12.4 Å². The molecule has 1 aromatic rings. The summed E-state index contributed by atoms with van der Waals surface area (Å²) >= 11 is 3.28. The van der Waals surface area contributed by atoms with Crippen LogP contribution in [0.3, 0.4) is 0 Å². The summed E-state index contributed by atoms with van der Waals surface area (Å²) in [4.78, 5) is 0. The van der Waals surface area contributed by atoms with Crippen molar-refractivity contribution in [3.63, 3.8) is 0 Å². The molecule has 1 radical (unpaired) electrons. The zero-order chi connectivity index (χ0) is 8.27. The Bertz CT molecular complexity index is 226. The predicted molar refractivity (Wildman–Crippen MR) is 46.0 cm³/mol. The smallest absolute Gasteiger partial charge is 0.120 e. The highest BCUT2D eigenvalue weighted by Gasteiger charge is 1.97.